The summed E-state index contributed by atoms with van der Waals surface area (Å²) in [5, 5.41) is 10.6. The van der Waals surface area contributed by atoms with E-state index in [0.29, 0.717) is 17.9 Å². The highest BCUT2D eigenvalue weighted by Gasteiger charge is 2.38. The molecule has 0 aliphatic carbocycles. The molecule has 2 N–H and O–H groups in total. The molecule has 186 valence electrons. The molecule has 3 rings (SSSR count). The Hall–Kier alpha value is -3.92. The van der Waals surface area contributed by atoms with E-state index >= 15 is 0 Å². The van der Waals surface area contributed by atoms with E-state index in [2.05, 4.69) is 29.4 Å². The summed E-state index contributed by atoms with van der Waals surface area (Å²) in [5.74, 6) is -1.25. The number of hydrogen-bond acceptors (Lipinski definition) is 5. The van der Waals surface area contributed by atoms with Crippen LogP contribution in [0, 0.1) is 0 Å². The van der Waals surface area contributed by atoms with Gasteiger partial charge in [-0.1, -0.05) is 24.3 Å². The van der Waals surface area contributed by atoms with Crippen molar-refractivity contribution in [2.75, 3.05) is 14.1 Å². The van der Waals surface area contributed by atoms with E-state index in [1.165, 1.54) is 5.56 Å². The van der Waals surface area contributed by atoms with Gasteiger partial charge in [0.2, 0.25) is 0 Å². The first-order chi connectivity index (χ1) is 16.5. The summed E-state index contributed by atoms with van der Waals surface area (Å²) in [4.78, 5) is 26.6. The molecule has 0 saturated heterocycles. The van der Waals surface area contributed by atoms with Crippen molar-refractivity contribution in [3.05, 3.63) is 89.7 Å². The molecule has 0 bridgehead atoms. The van der Waals surface area contributed by atoms with Crippen LogP contribution in [0.25, 0.3) is 0 Å². The maximum Gasteiger partial charge on any atom is 0.490 e. The van der Waals surface area contributed by atoms with Gasteiger partial charge in [-0.3, -0.25) is 9.78 Å². The lowest BCUT2D eigenvalue weighted by Gasteiger charge is -2.16. The molecule has 35 heavy (non-hydrogen) atoms. The first-order valence-electron chi connectivity index (χ1n) is 10.5. The molecule has 0 saturated carbocycles. The van der Waals surface area contributed by atoms with Crippen LogP contribution in [0.2, 0.25) is 0 Å². The second-order valence-corrected chi connectivity index (χ2v) is 7.67. The van der Waals surface area contributed by atoms with Crippen LogP contribution >= 0.6 is 0 Å². The minimum atomic E-state index is -5.08. The normalized spacial score (nSPS) is 11.6. The minimum Gasteiger partial charge on any atom is -0.475 e. The van der Waals surface area contributed by atoms with Gasteiger partial charge in [0, 0.05) is 38.4 Å². The number of rotatable bonds is 7. The number of pyridine rings is 1. The Labute approximate surface area is 201 Å². The van der Waals surface area contributed by atoms with E-state index in [1.807, 2.05) is 48.5 Å². The van der Waals surface area contributed by atoms with Crippen LogP contribution in [0.1, 0.15) is 34.5 Å². The fourth-order valence-electron chi connectivity index (χ4n) is 2.83. The number of ether oxygens (including phenoxy) is 1. The van der Waals surface area contributed by atoms with Gasteiger partial charge in [0.25, 0.3) is 5.91 Å². The average Bonchev–Trinajstić information content (AvgIpc) is 2.83. The number of nitrogens with zero attached hydrogens (tertiary/aromatic N) is 2. The summed E-state index contributed by atoms with van der Waals surface area (Å²) < 4.78 is 37.5. The summed E-state index contributed by atoms with van der Waals surface area (Å²) in [6.07, 6.45) is -1.68. The van der Waals surface area contributed by atoms with Crippen LogP contribution in [-0.2, 0) is 11.3 Å². The zero-order valence-corrected chi connectivity index (χ0v) is 19.4. The SMILES string of the molecule is CC(NCc1cccc(C(=O)N(C)C)c1)c1ccc(Oc2cccnc2)cc1.O=C(O)C(F)(F)F. The third kappa shape index (κ3) is 9.09. The number of carbonyl (C=O) groups is 2. The van der Waals surface area contributed by atoms with E-state index < -0.39 is 12.1 Å². The number of carbonyl (C=O) groups excluding carboxylic acids is 1. The summed E-state index contributed by atoms with van der Waals surface area (Å²) >= 11 is 0. The van der Waals surface area contributed by atoms with Crippen molar-refractivity contribution in [2.24, 2.45) is 0 Å². The van der Waals surface area contributed by atoms with Crippen molar-refractivity contribution >= 4 is 11.9 Å². The molecule has 3 aromatic rings. The smallest absolute Gasteiger partial charge is 0.475 e. The van der Waals surface area contributed by atoms with Crippen molar-refractivity contribution in [2.45, 2.75) is 25.7 Å². The lowest BCUT2D eigenvalue weighted by Crippen LogP contribution is -2.22. The third-order valence-corrected chi connectivity index (χ3v) is 4.69. The number of benzene rings is 2. The van der Waals surface area contributed by atoms with Crippen LogP contribution in [0.15, 0.2) is 73.1 Å². The molecular formula is C25H26F3N3O4. The number of nitrogens with one attached hydrogen (secondary N) is 1. The van der Waals surface area contributed by atoms with Crippen LogP contribution in [0.3, 0.4) is 0 Å². The first kappa shape index (κ1) is 27.3. The van der Waals surface area contributed by atoms with E-state index in [4.69, 9.17) is 14.6 Å². The van der Waals surface area contributed by atoms with Crippen molar-refractivity contribution in [1.29, 1.82) is 0 Å². The molecule has 1 unspecified atom stereocenters. The highest BCUT2D eigenvalue weighted by Crippen LogP contribution is 2.23. The Bertz CT molecular complexity index is 1100. The summed E-state index contributed by atoms with van der Waals surface area (Å²) in [7, 11) is 3.52. The quantitative estimate of drug-likeness (QED) is 0.482. The molecule has 0 aliphatic heterocycles. The molecule has 2 aromatic carbocycles. The number of halogens is 3. The van der Waals surface area contributed by atoms with Crippen molar-refractivity contribution in [3.8, 4) is 11.5 Å². The first-order valence-corrected chi connectivity index (χ1v) is 10.5. The second kappa shape index (κ2) is 12.5. The monoisotopic (exact) mass is 489 g/mol. The summed E-state index contributed by atoms with van der Waals surface area (Å²) in [5.41, 5.74) is 2.95. The Balaban J connectivity index is 0.000000540. The Kier molecular flexibility index (Phi) is 9.77. The number of carboxylic acids is 1. The average molecular weight is 489 g/mol. The van der Waals surface area contributed by atoms with Crippen molar-refractivity contribution < 1.29 is 32.6 Å². The molecule has 0 aliphatic rings. The van der Waals surface area contributed by atoms with Gasteiger partial charge in [0.05, 0.1) is 6.20 Å². The van der Waals surface area contributed by atoms with Crippen LogP contribution in [-0.4, -0.2) is 47.1 Å². The van der Waals surface area contributed by atoms with Crippen molar-refractivity contribution in [3.63, 3.8) is 0 Å². The molecule has 1 amide bonds. The maximum absolute atomic E-state index is 12.1. The van der Waals surface area contributed by atoms with E-state index in [1.54, 1.807) is 31.4 Å². The van der Waals surface area contributed by atoms with E-state index in [9.17, 15) is 18.0 Å². The van der Waals surface area contributed by atoms with Crippen molar-refractivity contribution in [1.82, 2.24) is 15.2 Å². The van der Waals surface area contributed by atoms with Gasteiger partial charge >= 0.3 is 12.1 Å². The lowest BCUT2D eigenvalue weighted by atomic mass is 10.1. The number of alkyl halides is 3. The standard InChI is InChI=1S/C23H25N3O2.C2HF3O2/c1-17(25-15-18-6-4-7-20(14-18)23(27)26(2)3)19-9-11-21(12-10-19)28-22-8-5-13-24-16-22;3-2(4,5)1(6)7/h4-14,16-17,25H,15H2,1-3H3;(H,6,7). The third-order valence-electron chi connectivity index (χ3n) is 4.69. The zero-order chi connectivity index (χ0) is 26.0. The minimum absolute atomic E-state index is 0.0131. The second-order valence-electron chi connectivity index (χ2n) is 7.67. The Morgan fingerprint density at radius 1 is 1.06 bits per heavy atom. The summed E-state index contributed by atoms with van der Waals surface area (Å²) in [6.45, 7) is 2.80. The molecule has 0 spiro atoms. The van der Waals surface area contributed by atoms with Gasteiger partial charge in [0.1, 0.15) is 11.5 Å². The number of carboxylic acid groups (broad SMARTS) is 1. The predicted octanol–water partition coefficient (Wildman–Crippen LogP) is 5.06. The molecule has 1 aromatic heterocycles. The highest BCUT2D eigenvalue weighted by molar-refractivity contribution is 5.94. The Morgan fingerprint density at radius 3 is 2.26 bits per heavy atom. The van der Waals surface area contributed by atoms with Gasteiger partial charge in [-0.25, -0.2) is 4.79 Å². The molecule has 10 heteroatoms. The summed E-state index contributed by atoms with van der Waals surface area (Å²) in [6, 6.07) is 19.6. The topological polar surface area (TPSA) is 91.8 Å². The van der Waals surface area contributed by atoms with Crippen LogP contribution < -0.4 is 10.1 Å². The molecular weight excluding hydrogens is 463 g/mol. The van der Waals surface area contributed by atoms with Gasteiger partial charge in [0.15, 0.2) is 0 Å². The molecule has 0 radical (unpaired) electrons. The van der Waals surface area contributed by atoms with Gasteiger partial charge in [-0.2, -0.15) is 13.2 Å². The van der Waals surface area contributed by atoms with Gasteiger partial charge in [-0.15, -0.1) is 0 Å². The van der Waals surface area contributed by atoms with E-state index in [-0.39, 0.29) is 11.9 Å². The predicted molar refractivity (Wildman–Crippen MR) is 124 cm³/mol. The van der Waals surface area contributed by atoms with Crippen LogP contribution in [0.5, 0.6) is 11.5 Å². The Morgan fingerprint density at radius 2 is 1.71 bits per heavy atom. The fourth-order valence-corrected chi connectivity index (χ4v) is 2.83. The largest absolute Gasteiger partial charge is 0.490 e. The molecule has 1 heterocycles. The molecule has 0 fully saturated rings. The number of hydrogen-bond donors (Lipinski definition) is 2. The highest BCUT2D eigenvalue weighted by atomic mass is 19.4. The molecule has 7 nitrogen and oxygen atoms in total. The van der Waals surface area contributed by atoms with Crippen LogP contribution in [0.4, 0.5) is 13.2 Å². The number of aromatic nitrogens is 1. The zero-order valence-electron chi connectivity index (χ0n) is 19.4. The molecule has 1 atom stereocenters. The van der Waals surface area contributed by atoms with Gasteiger partial charge in [-0.05, 0) is 54.4 Å². The number of amides is 1. The maximum atomic E-state index is 12.1. The van der Waals surface area contributed by atoms with E-state index in [0.717, 1.165) is 11.3 Å². The fraction of sp³-hybridized carbons (Fsp3) is 0.240. The number of aliphatic carboxylic acids is 1. The lowest BCUT2D eigenvalue weighted by molar-refractivity contribution is -0.192. The van der Waals surface area contributed by atoms with Gasteiger partial charge < -0.3 is 20.1 Å².